The van der Waals surface area contributed by atoms with E-state index in [1.165, 1.54) is 41.6 Å². The molecular weight excluding hydrogens is 470 g/mol. The number of aromatic nitrogens is 4. The highest BCUT2D eigenvalue weighted by Gasteiger charge is 2.67. The van der Waals surface area contributed by atoms with E-state index in [0.717, 1.165) is 4.90 Å². The number of thioether (sulfide) groups is 2. The number of nitrogens with one attached hydrogen (secondary N) is 1. The molecule has 3 heterocycles. The molecule has 2 N–H and O–H groups in total. The number of hydrogen-bond acceptors (Lipinski definition) is 11. The maximum atomic E-state index is 13.0. The number of carbonyl (C=O) groups is 3. The van der Waals surface area contributed by atoms with Gasteiger partial charge in [-0.25, -0.2) is 9.48 Å². The molecule has 166 valence electrons. The monoisotopic (exact) mass is 487 g/mol. The fourth-order valence-corrected chi connectivity index (χ4v) is 6.02. The Hall–Kier alpha value is -2.48. The molecule has 2 unspecified atom stereocenters. The number of nitrogens with zero attached hydrogens (tertiary/aromatic N) is 6. The van der Waals surface area contributed by atoms with E-state index in [1.54, 1.807) is 13.1 Å². The van der Waals surface area contributed by atoms with Crippen molar-refractivity contribution in [2.75, 3.05) is 24.9 Å². The van der Waals surface area contributed by atoms with Gasteiger partial charge in [-0.05, 0) is 16.0 Å². The summed E-state index contributed by atoms with van der Waals surface area (Å²) in [6.45, 7) is 0. The van der Waals surface area contributed by atoms with Crippen LogP contribution in [0.2, 0.25) is 0 Å². The fourth-order valence-electron chi connectivity index (χ4n) is 3.08. The molecule has 16 heteroatoms. The molecule has 1 aromatic heterocycles. The lowest BCUT2D eigenvalue weighted by molar-refractivity contribution is -0.192. The van der Waals surface area contributed by atoms with E-state index in [4.69, 9.17) is 10.00 Å². The first-order valence-electron chi connectivity index (χ1n) is 8.52. The smallest absolute Gasteiger partial charge is 0.352 e. The summed E-state index contributed by atoms with van der Waals surface area (Å²) in [4.78, 5) is 38.4. The largest absolute Gasteiger partial charge is 0.477 e. The number of tetrazole rings is 1. The van der Waals surface area contributed by atoms with Crippen molar-refractivity contribution < 1.29 is 28.4 Å². The summed E-state index contributed by atoms with van der Waals surface area (Å²) in [6.07, 6.45) is 1.19. The predicted molar refractivity (Wildman–Crippen MR) is 109 cm³/mol. The quantitative estimate of drug-likeness (QED) is 0.241. The van der Waals surface area contributed by atoms with Gasteiger partial charge < -0.3 is 15.2 Å². The SMILES string of the molecule is CO[C@@]1(NC(=O)C(C#N)S(C)=O)C(=O)N2C(C(=O)O)=C(CSc3nnnn3C)CS[C@H]21. The third kappa shape index (κ3) is 3.93. The van der Waals surface area contributed by atoms with Crippen LogP contribution < -0.4 is 5.32 Å². The van der Waals surface area contributed by atoms with Crippen molar-refractivity contribution in [2.45, 2.75) is 21.5 Å². The van der Waals surface area contributed by atoms with Crippen molar-refractivity contribution in [2.24, 2.45) is 7.05 Å². The molecule has 31 heavy (non-hydrogen) atoms. The third-order valence-corrected chi connectivity index (χ3v) is 8.04. The van der Waals surface area contributed by atoms with E-state index in [2.05, 4.69) is 20.8 Å². The molecule has 2 aliphatic heterocycles. The minimum Gasteiger partial charge on any atom is -0.477 e. The summed E-state index contributed by atoms with van der Waals surface area (Å²) in [6, 6.07) is 1.63. The van der Waals surface area contributed by atoms with Crippen LogP contribution in [0.4, 0.5) is 0 Å². The highest BCUT2D eigenvalue weighted by molar-refractivity contribution is 8.01. The Labute approximate surface area is 187 Å². The lowest BCUT2D eigenvalue weighted by atomic mass is 9.98. The number of nitriles is 1. The van der Waals surface area contributed by atoms with E-state index < -0.39 is 44.9 Å². The Bertz CT molecular complexity index is 1040. The van der Waals surface area contributed by atoms with Gasteiger partial charge in [0.1, 0.15) is 11.1 Å². The van der Waals surface area contributed by atoms with Crippen LogP contribution in [0, 0.1) is 11.3 Å². The first-order valence-corrected chi connectivity index (χ1v) is 12.2. The lowest BCUT2D eigenvalue weighted by Crippen LogP contribution is -2.81. The Morgan fingerprint density at radius 3 is 2.81 bits per heavy atom. The molecule has 1 aromatic rings. The van der Waals surface area contributed by atoms with Crippen LogP contribution in [0.15, 0.2) is 16.4 Å². The molecule has 0 bridgehead atoms. The van der Waals surface area contributed by atoms with Crippen molar-refractivity contribution >= 4 is 52.1 Å². The molecule has 0 aromatic carbocycles. The molecule has 4 atom stereocenters. The minimum atomic E-state index is -1.86. The molecule has 0 aliphatic carbocycles. The van der Waals surface area contributed by atoms with Crippen molar-refractivity contribution in [1.82, 2.24) is 30.4 Å². The molecule has 2 aliphatic rings. The second kappa shape index (κ2) is 8.94. The number of carboxylic acids is 1. The van der Waals surface area contributed by atoms with Gasteiger partial charge in [-0.1, -0.05) is 11.8 Å². The summed E-state index contributed by atoms with van der Waals surface area (Å²) in [7, 11) is 1.04. The third-order valence-electron chi connectivity index (χ3n) is 4.59. The zero-order valence-electron chi connectivity index (χ0n) is 16.5. The number of rotatable bonds is 8. The number of carbonyl (C=O) groups excluding carboxylic acids is 2. The van der Waals surface area contributed by atoms with Crippen LogP contribution in [0.1, 0.15) is 0 Å². The molecule has 13 nitrogen and oxygen atoms in total. The van der Waals surface area contributed by atoms with E-state index >= 15 is 0 Å². The molecule has 1 saturated heterocycles. The Balaban J connectivity index is 1.86. The summed E-state index contributed by atoms with van der Waals surface area (Å²) in [5, 5.41) is 30.4. The first-order chi connectivity index (χ1) is 14.7. The van der Waals surface area contributed by atoms with Crippen molar-refractivity contribution in [3.63, 3.8) is 0 Å². The predicted octanol–water partition coefficient (Wildman–Crippen LogP) is -1.71. The summed E-state index contributed by atoms with van der Waals surface area (Å²) in [5.41, 5.74) is -1.58. The standard InChI is InChI=1S/C15H17N7O6S3/c1-21-14(18-19-20-21)30-6-7-5-29-13-15(28-2,12(26)22(13)9(7)11(24)25)17-10(23)8(4-16)31(3)27/h8,13H,5-6H2,1-3H3,(H,17,23)(H,24,25)/t8?,13-,15-,31?/m0/s1. The Kier molecular flexibility index (Phi) is 6.69. The second-order valence-corrected chi connectivity index (χ2v) is 9.89. The molecule has 3 rings (SSSR count). The minimum absolute atomic E-state index is 0.200. The van der Waals surface area contributed by atoms with Gasteiger partial charge in [0, 0.05) is 42.7 Å². The van der Waals surface area contributed by atoms with Gasteiger partial charge in [-0.15, -0.1) is 16.9 Å². The fraction of sp³-hybridized carbons (Fsp3) is 0.533. The number of fused-ring (bicyclic) bond motifs is 1. The normalized spacial score (nSPS) is 24.6. The zero-order valence-corrected chi connectivity index (χ0v) is 18.9. The Morgan fingerprint density at radius 2 is 2.29 bits per heavy atom. The summed E-state index contributed by atoms with van der Waals surface area (Å²) in [5.74, 6) is -2.55. The van der Waals surface area contributed by atoms with Crippen LogP contribution in [0.25, 0.3) is 0 Å². The number of β-lactam (4-membered cyclic amide) rings is 1. The number of ether oxygens (including phenoxy) is 1. The molecule has 0 spiro atoms. The van der Waals surface area contributed by atoms with Gasteiger partial charge in [-0.2, -0.15) is 5.26 Å². The van der Waals surface area contributed by atoms with Crippen LogP contribution in [-0.2, 0) is 37.0 Å². The average molecular weight is 488 g/mol. The van der Waals surface area contributed by atoms with E-state index in [-0.39, 0.29) is 17.2 Å². The van der Waals surface area contributed by atoms with Gasteiger partial charge in [0.15, 0.2) is 5.25 Å². The molecular formula is C15H17N7O6S3. The number of methoxy groups -OCH3 is 1. The second-order valence-electron chi connectivity index (χ2n) is 6.41. The van der Waals surface area contributed by atoms with Crippen LogP contribution in [-0.4, -0.2) is 93.4 Å². The van der Waals surface area contributed by atoms with Crippen LogP contribution in [0.3, 0.4) is 0 Å². The number of hydrogen-bond donors (Lipinski definition) is 2. The number of aryl methyl sites for hydroxylation is 1. The maximum absolute atomic E-state index is 13.0. The summed E-state index contributed by atoms with van der Waals surface area (Å²) < 4.78 is 18.4. The maximum Gasteiger partial charge on any atom is 0.352 e. The van der Waals surface area contributed by atoms with Gasteiger partial charge in [-0.3, -0.25) is 18.7 Å². The average Bonchev–Trinajstić information content (AvgIpc) is 3.14. The highest BCUT2D eigenvalue weighted by atomic mass is 32.2. The van der Waals surface area contributed by atoms with Gasteiger partial charge in [0.2, 0.25) is 5.16 Å². The molecule has 0 saturated carbocycles. The Morgan fingerprint density at radius 1 is 1.58 bits per heavy atom. The topological polar surface area (TPSA) is 180 Å². The van der Waals surface area contributed by atoms with Crippen molar-refractivity contribution in [1.29, 1.82) is 5.26 Å². The lowest BCUT2D eigenvalue weighted by Gasteiger charge is -2.55. The van der Waals surface area contributed by atoms with E-state index in [0.29, 0.717) is 10.7 Å². The summed E-state index contributed by atoms with van der Waals surface area (Å²) >= 11 is 2.42. The van der Waals surface area contributed by atoms with Gasteiger partial charge >= 0.3 is 5.97 Å². The number of aliphatic carboxylic acids is 1. The number of carboxylic acid groups (broad SMARTS) is 1. The van der Waals surface area contributed by atoms with Crippen LogP contribution >= 0.6 is 23.5 Å². The van der Waals surface area contributed by atoms with Gasteiger partial charge in [0.05, 0.1) is 6.07 Å². The highest BCUT2D eigenvalue weighted by Crippen LogP contribution is 2.47. The number of amides is 2. The van der Waals surface area contributed by atoms with Crippen LogP contribution in [0.5, 0.6) is 0 Å². The molecule has 0 radical (unpaired) electrons. The van der Waals surface area contributed by atoms with E-state index in [9.17, 15) is 23.7 Å². The van der Waals surface area contributed by atoms with Gasteiger partial charge in [0.25, 0.3) is 17.5 Å². The zero-order chi connectivity index (χ0) is 22.9. The molecule has 1 fully saturated rings. The first kappa shape index (κ1) is 23.2. The molecule has 2 amide bonds. The van der Waals surface area contributed by atoms with E-state index in [1.807, 2.05) is 0 Å². The van der Waals surface area contributed by atoms with Crippen molar-refractivity contribution in [3.05, 3.63) is 11.3 Å². The van der Waals surface area contributed by atoms with Crippen molar-refractivity contribution in [3.8, 4) is 6.07 Å².